The van der Waals surface area contributed by atoms with Crippen LogP contribution in [0.2, 0.25) is 5.28 Å². The van der Waals surface area contributed by atoms with Crippen molar-refractivity contribution in [3.8, 4) is 12.3 Å². The molecule has 1 saturated heterocycles. The van der Waals surface area contributed by atoms with Crippen molar-refractivity contribution in [2.75, 3.05) is 19.1 Å². The summed E-state index contributed by atoms with van der Waals surface area (Å²) in [7, 11) is 0. The molecule has 0 bridgehead atoms. The van der Waals surface area contributed by atoms with Gasteiger partial charge in [-0.25, -0.2) is 24.2 Å². The molecule has 4 aromatic rings. The summed E-state index contributed by atoms with van der Waals surface area (Å²) in [5.41, 5.74) is 4.53. The summed E-state index contributed by atoms with van der Waals surface area (Å²) in [6, 6.07) is 1.64. The molecule has 0 aromatic carbocycles. The number of halogens is 1. The molecule has 5 rings (SSSR count). The van der Waals surface area contributed by atoms with Gasteiger partial charge in [-0.15, -0.1) is 6.42 Å². The summed E-state index contributed by atoms with van der Waals surface area (Å²) >= 11 is 6.00. The molecule has 226 valence electrons. The molecule has 2 N–H and O–H groups in total. The highest BCUT2D eigenvalue weighted by Crippen LogP contribution is 2.41. The maximum absolute atomic E-state index is 12.7. The molecule has 1 aliphatic heterocycles. The number of fused-ring (bicyclic) bond motifs is 1. The van der Waals surface area contributed by atoms with E-state index in [0.29, 0.717) is 11.0 Å². The minimum atomic E-state index is -1.74. The van der Waals surface area contributed by atoms with Gasteiger partial charge in [-0.3, -0.25) is 0 Å². The van der Waals surface area contributed by atoms with E-state index in [1.165, 1.54) is 13.8 Å². The minimum Gasteiger partial charge on any atom is -0.433 e. The van der Waals surface area contributed by atoms with Crippen LogP contribution >= 0.6 is 11.6 Å². The summed E-state index contributed by atoms with van der Waals surface area (Å²) in [6.45, 7) is 1.20. The number of nitrogen functional groups attached to an aromatic ring is 1. The molecule has 0 saturated carbocycles. The number of hydrogen-bond acceptors (Lipinski definition) is 16. The molecule has 3 atom stereocenters. The van der Waals surface area contributed by atoms with Gasteiger partial charge in [-0.05, 0) is 31.5 Å². The standard InChI is InChI=1S/C25H21ClN4O13/c1-4-25(9-35-10-37-20(31)17-12(3)39-24(34)42-17)15(41-22(32)36-8-14-11(2)38-23(33)40-14)7-16(43-25)30-6-5-13-18(27)28-21(26)29-19(13)30/h1,5-6,15-16H,7-10H2,2-3H3,(H2,27,28,29)/t15-,16+,25+/m0/s1. The normalized spacial score (nSPS) is 19.8. The van der Waals surface area contributed by atoms with Crippen molar-refractivity contribution in [2.24, 2.45) is 0 Å². The summed E-state index contributed by atoms with van der Waals surface area (Å²) in [5.74, 6) is -0.931. The molecule has 4 aromatic heterocycles. The Kier molecular flexibility index (Phi) is 8.00. The number of aromatic nitrogens is 3. The van der Waals surface area contributed by atoms with E-state index >= 15 is 0 Å². The summed E-state index contributed by atoms with van der Waals surface area (Å²) < 4.78 is 47.6. The number of carbonyl (C=O) groups excluding carboxylic acids is 2. The fraction of sp³-hybridized carbons (Fsp3) is 0.360. The maximum atomic E-state index is 12.7. The van der Waals surface area contributed by atoms with E-state index < -0.39 is 67.5 Å². The zero-order valence-corrected chi connectivity index (χ0v) is 23.1. The van der Waals surface area contributed by atoms with Gasteiger partial charge in [0.2, 0.25) is 5.28 Å². The summed E-state index contributed by atoms with van der Waals surface area (Å²) in [6.07, 6.45) is 4.17. The highest BCUT2D eigenvalue weighted by atomic mass is 35.5. The van der Waals surface area contributed by atoms with Crippen LogP contribution in [0, 0.1) is 26.2 Å². The topological polar surface area (TPSA) is 224 Å². The van der Waals surface area contributed by atoms with Gasteiger partial charge >= 0.3 is 23.8 Å². The Balaban J connectivity index is 1.33. The van der Waals surface area contributed by atoms with E-state index in [1.807, 2.05) is 0 Å². The molecule has 43 heavy (non-hydrogen) atoms. The van der Waals surface area contributed by atoms with Gasteiger partial charge in [-0.2, -0.15) is 4.98 Å². The number of aryl methyl sites for hydroxylation is 2. The van der Waals surface area contributed by atoms with Crippen LogP contribution in [-0.2, 0) is 30.3 Å². The number of carbonyl (C=O) groups is 2. The van der Waals surface area contributed by atoms with Gasteiger partial charge in [0.15, 0.2) is 42.4 Å². The van der Waals surface area contributed by atoms with Crippen molar-refractivity contribution in [1.82, 2.24) is 14.5 Å². The smallest absolute Gasteiger partial charge is 0.433 e. The average Bonchev–Trinajstić information content (AvgIpc) is 3.70. The van der Waals surface area contributed by atoms with E-state index in [0.717, 1.165) is 0 Å². The number of nitrogens with two attached hydrogens (primary N) is 1. The van der Waals surface area contributed by atoms with Crippen molar-refractivity contribution in [3.63, 3.8) is 0 Å². The van der Waals surface area contributed by atoms with Gasteiger partial charge in [0.05, 0.1) is 12.0 Å². The molecular formula is C25H21ClN4O13. The molecule has 0 unspecified atom stereocenters. The van der Waals surface area contributed by atoms with Crippen molar-refractivity contribution in [1.29, 1.82) is 0 Å². The van der Waals surface area contributed by atoms with Gasteiger partial charge in [0.25, 0.3) is 5.76 Å². The van der Waals surface area contributed by atoms with Crippen LogP contribution in [0.3, 0.4) is 0 Å². The van der Waals surface area contributed by atoms with Crippen LogP contribution in [0.25, 0.3) is 11.0 Å². The predicted molar refractivity (Wildman–Crippen MR) is 139 cm³/mol. The number of anilines is 1. The van der Waals surface area contributed by atoms with Gasteiger partial charge < -0.3 is 51.7 Å². The first-order valence-electron chi connectivity index (χ1n) is 12.2. The molecular weight excluding hydrogens is 600 g/mol. The van der Waals surface area contributed by atoms with E-state index in [-0.39, 0.29) is 34.8 Å². The Bertz CT molecular complexity index is 1840. The lowest BCUT2D eigenvalue weighted by molar-refractivity contribution is -0.133. The highest BCUT2D eigenvalue weighted by molar-refractivity contribution is 6.28. The third kappa shape index (κ3) is 5.97. The maximum Gasteiger partial charge on any atom is 0.519 e. The van der Waals surface area contributed by atoms with Crippen LogP contribution in [0.15, 0.2) is 39.5 Å². The monoisotopic (exact) mass is 620 g/mol. The molecule has 17 nitrogen and oxygen atoms in total. The Morgan fingerprint density at radius 3 is 2.58 bits per heavy atom. The minimum absolute atomic E-state index is 0.0208. The Labute approximate surface area is 244 Å². The van der Waals surface area contributed by atoms with Crippen LogP contribution < -0.4 is 17.4 Å². The third-order valence-corrected chi connectivity index (χ3v) is 6.49. The molecule has 18 heteroatoms. The van der Waals surface area contributed by atoms with Gasteiger partial charge in [0.1, 0.15) is 17.7 Å². The zero-order chi connectivity index (χ0) is 30.9. The van der Waals surface area contributed by atoms with E-state index in [1.54, 1.807) is 16.8 Å². The Hall–Kier alpha value is -5.05. The van der Waals surface area contributed by atoms with E-state index in [4.69, 9.17) is 56.3 Å². The predicted octanol–water partition coefficient (Wildman–Crippen LogP) is 2.22. The van der Waals surface area contributed by atoms with Gasteiger partial charge in [-0.1, -0.05) is 5.92 Å². The third-order valence-electron chi connectivity index (χ3n) is 6.32. The number of esters is 1. The molecule has 0 aliphatic carbocycles. The second-order valence-corrected chi connectivity index (χ2v) is 9.33. The lowest BCUT2D eigenvalue weighted by atomic mass is 9.98. The highest BCUT2D eigenvalue weighted by Gasteiger charge is 2.52. The number of hydrogen-bond donors (Lipinski definition) is 1. The fourth-order valence-electron chi connectivity index (χ4n) is 4.28. The second-order valence-electron chi connectivity index (χ2n) is 9.00. The lowest BCUT2D eigenvalue weighted by Gasteiger charge is -2.28. The molecule has 0 spiro atoms. The van der Waals surface area contributed by atoms with Crippen LogP contribution in [0.5, 0.6) is 0 Å². The molecule has 1 fully saturated rings. The van der Waals surface area contributed by atoms with E-state index in [9.17, 15) is 19.2 Å². The fourth-order valence-corrected chi connectivity index (χ4v) is 4.45. The van der Waals surface area contributed by atoms with Gasteiger partial charge in [0, 0.05) is 12.6 Å². The second kappa shape index (κ2) is 11.7. The van der Waals surface area contributed by atoms with Crippen molar-refractivity contribution in [3.05, 3.63) is 61.8 Å². The molecule has 5 heterocycles. The number of rotatable bonds is 9. The molecule has 1 aliphatic rings. The summed E-state index contributed by atoms with van der Waals surface area (Å²) in [4.78, 5) is 55.5. The Morgan fingerprint density at radius 2 is 1.91 bits per heavy atom. The van der Waals surface area contributed by atoms with Crippen molar-refractivity contribution < 1.29 is 50.9 Å². The Morgan fingerprint density at radius 1 is 1.16 bits per heavy atom. The average molecular weight is 621 g/mol. The van der Waals surface area contributed by atoms with E-state index in [2.05, 4.69) is 24.7 Å². The van der Waals surface area contributed by atoms with Crippen LogP contribution in [0.4, 0.5) is 10.6 Å². The van der Waals surface area contributed by atoms with Crippen molar-refractivity contribution in [2.45, 2.75) is 44.8 Å². The number of nitrogens with zero attached hydrogens (tertiary/aromatic N) is 3. The van der Waals surface area contributed by atoms with Crippen LogP contribution in [0.1, 0.15) is 40.5 Å². The molecule has 0 amide bonds. The zero-order valence-electron chi connectivity index (χ0n) is 22.3. The number of ether oxygens (including phenoxy) is 5. The first-order valence-corrected chi connectivity index (χ1v) is 12.6. The SMILES string of the molecule is C#C[C@]1(COCOC(=O)c2oc(=O)oc2C)O[C@@H](n2ccc3c(N)nc(Cl)nc32)C[C@@H]1OC(=O)OCc1oc(=O)oc1C. The van der Waals surface area contributed by atoms with Crippen molar-refractivity contribution >= 4 is 40.6 Å². The van der Waals surface area contributed by atoms with Crippen LogP contribution in [-0.4, -0.2) is 51.8 Å². The lowest BCUT2D eigenvalue weighted by Crippen LogP contribution is -2.45. The number of terminal acetylenes is 1. The first-order chi connectivity index (χ1) is 20.5. The first kappa shape index (κ1) is 29.4. The largest absolute Gasteiger partial charge is 0.519 e. The quantitative estimate of drug-likeness (QED) is 0.0930. The molecule has 0 radical (unpaired) electrons. The summed E-state index contributed by atoms with van der Waals surface area (Å²) in [5, 5.41) is 0.363.